The smallest absolute Gasteiger partial charge is 0.364 e. The number of phenols is 2. The van der Waals surface area contributed by atoms with E-state index in [1.54, 1.807) is 0 Å². The van der Waals surface area contributed by atoms with E-state index in [0.717, 1.165) is 6.08 Å². The molecule has 0 aliphatic carbocycles. The average molecular weight is 382 g/mol. The summed E-state index contributed by atoms with van der Waals surface area (Å²) in [6.07, 6.45) is -3.00. The predicted octanol–water partition coefficient (Wildman–Crippen LogP) is -0.655. The van der Waals surface area contributed by atoms with Crippen molar-refractivity contribution in [1.29, 1.82) is 0 Å². The van der Waals surface area contributed by atoms with E-state index < -0.39 is 55.2 Å². The van der Waals surface area contributed by atoms with Gasteiger partial charge in [-0.05, 0) is 23.8 Å². The molecular weight excluding hydrogens is 364 g/mol. The molecule has 27 heavy (non-hydrogen) atoms. The number of aromatic hydroxyl groups is 2. The van der Waals surface area contributed by atoms with Crippen LogP contribution in [0.25, 0.3) is 6.08 Å². The number of aliphatic carboxylic acids is 1. The molecule has 1 aromatic carbocycles. The second-order valence-corrected chi connectivity index (χ2v) is 6.27. The number of aliphatic hydroxyl groups is 2. The molecule has 0 radical (unpaired) electrons. The summed E-state index contributed by atoms with van der Waals surface area (Å²) in [6.45, 7) is -0.395. The van der Waals surface area contributed by atoms with Gasteiger partial charge < -0.3 is 39.7 Å². The first-order valence-corrected chi connectivity index (χ1v) is 8.04. The number of hydrogen-bond donors (Lipinski definition) is 5. The van der Waals surface area contributed by atoms with Gasteiger partial charge in [0, 0.05) is 12.5 Å². The minimum absolute atomic E-state index is 0.299. The minimum atomic E-state index is -2.08. The van der Waals surface area contributed by atoms with Crippen molar-refractivity contribution in [2.45, 2.75) is 36.6 Å². The fourth-order valence-electron chi connectivity index (χ4n) is 2.97. The number of aliphatic hydroxyl groups excluding tert-OH is 2. The third kappa shape index (κ3) is 3.74. The van der Waals surface area contributed by atoms with Crippen molar-refractivity contribution >= 4 is 18.0 Å². The lowest BCUT2D eigenvalue weighted by atomic mass is 9.96. The molecule has 10 nitrogen and oxygen atoms in total. The lowest BCUT2D eigenvalue weighted by molar-refractivity contribution is -0.244. The van der Waals surface area contributed by atoms with E-state index in [0.29, 0.717) is 5.56 Å². The van der Waals surface area contributed by atoms with E-state index in [9.17, 15) is 35.1 Å². The van der Waals surface area contributed by atoms with Crippen LogP contribution < -0.4 is 0 Å². The number of ether oxygens (including phenoxy) is 3. The number of carbonyl (C=O) groups excluding carboxylic acids is 1. The fourth-order valence-corrected chi connectivity index (χ4v) is 2.97. The maximum absolute atomic E-state index is 11.8. The Hall–Kier alpha value is -2.66. The summed E-state index contributed by atoms with van der Waals surface area (Å²) in [5, 5.41) is 47.6. The third-order valence-electron chi connectivity index (χ3n) is 4.37. The second-order valence-electron chi connectivity index (χ2n) is 6.27. The number of hydrogen-bond acceptors (Lipinski definition) is 9. The van der Waals surface area contributed by atoms with E-state index in [4.69, 9.17) is 14.2 Å². The lowest BCUT2D eigenvalue weighted by Gasteiger charge is -2.33. The van der Waals surface area contributed by atoms with Gasteiger partial charge in [-0.25, -0.2) is 9.59 Å². The summed E-state index contributed by atoms with van der Waals surface area (Å²) in [4.78, 5) is 23.2. The molecule has 2 bridgehead atoms. The van der Waals surface area contributed by atoms with Crippen molar-refractivity contribution in [3.63, 3.8) is 0 Å². The second kappa shape index (κ2) is 7.16. The summed E-state index contributed by atoms with van der Waals surface area (Å²) in [5.41, 5.74) is 0.432. The highest BCUT2D eigenvalue weighted by molar-refractivity contribution is 5.87. The normalized spacial score (nSPS) is 32.5. The largest absolute Gasteiger partial charge is 0.504 e. The first kappa shape index (κ1) is 19.1. The zero-order valence-corrected chi connectivity index (χ0v) is 13.9. The van der Waals surface area contributed by atoms with Gasteiger partial charge >= 0.3 is 11.9 Å². The van der Waals surface area contributed by atoms with Crippen LogP contribution in [-0.2, 0) is 23.8 Å². The van der Waals surface area contributed by atoms with Crippen LogP contribution in [0.2, 0.25) is 0 Å². The van der Waals surface area contributed by atoms with E-state index in [1.807, 2.05) is 0 Å². The third-order valence-corrected chi connectivity index (χ3v) is 4.37. The van der Waals surface area contributed by atoms with Crippen molar-refractivity contribution in [3.05, 3.63) is 29.8 Å². The van der Waals surface area contributed by atoms with Gasteiger partial charge in [-0.1, -0.05) is 6.07 Å². The van der Waals surface area contributed by atoms with Crippen LogP contribution in [0.4, 0.5) is 0 Å². The quantitative estimate of drug-likeness (QED) is 0.251. The number of phenolic OH excluding ortho intramolecular Hbond substituents is 2. The van der Waals surface area contributed by atoms with Crippen molar-refractivity contribution in [2.75, 3.05) is 6.61 Å². The molecule has 0 spiro atoms. The van der Waals surface area contributed by atoms with Gasteiger partial charge in [-0.3, -0.25) is 0 Å². The molecule has 2 heterocycles. The number of fused-ring (bicyclic) bond motifs is 2. The summed E-state index contributed by atoms with van der Waals surface area (Å²) < 4.78 is 15.5. The molecule has 10 heteroatoms. The highest BCUT2D eigenvalue weighted by Crippen LogP contribution is 2.40. The number of esters is 1. The number of benzene rings is 1. The molecule has 2 saturated heterocycles. The van der Waals surface area contributed by atoms with Crippen LogP contribution in [0.15, 0.2) is 24.3 Å². The van der Waals surface area contributed by atoms with Crippen LogP contribution >= 0.6 is 0 Å². The predicted molar refractivity (Wildman–Crippen MR) is 86.5 cm³/mol. The SMILES string of the molecule is O=C(/C=C/c1ccc(O)c(O)c1)OCC1OC2(C(=O)O)CC(O)C(O)C1O2. The molecule has 146 valence electrons. The molecule has 2 fully saturated rings. The Morgan fingerprint density at radius 2 is 1.96 bits per heavy atom. The van der Waals surface area contributed by atoms with Crippen molar-refractivity contribution in [2.24, 2.45) is 0 Å². The molecule has 1 aromatic rings. The van der Waals surface area contributed by atoms with Crippen LogP contribution in [0, 0.1) is 0 Å². The van der Waals surface area contributed by atoms with Crippen LogP contribution in [0.5, 0.6) is 11.5 Å². The summed E-state index contributed by atoms with van der Waals surface area (Å²) in [7, 11) is 0. The molecule has 2 aliphatic rings. The van der Waals surface area contributed by atoms with Crippen molar-refractivity contribution in [1.82, 2.24) is 0 Å². The maximum Gasteiger partial charge on any atom is 0.364 e. The molecule has 5 unspecified atom stereocenters. The standard InChI is InChI=1S/C17H18O10/c18-9-3-1-8(5-10(9)19)2-4-13(21)25-7-12-15-14(22)11(20)6-17(26-12,27-15)16(23)24/h1-5,11-12,14-15,18-20,22H,6-7H2,(H,23,24)/b4-2+. The van der Waals surface area contributed by atoms with Gasteiger partial charge in [-0.2, -0.15) is 0 Å². The summed E-state index contributed by atoms with van der Waals surface area (Å²) in [5.74, 6) is -4.96. The van der Waals surface area contributed by atoms with Gasteiger partial charge in [0.15, 0.2) is 11.5 Å². The van der Waals surface area contributed by atoms with Crippen LogP contribution in [-0.4, -0.2) is 74.3 Å². The monoisotopic (exact) mass is 382 g/mol. The maximum atomic E-state index is 11.8. The Kier molecular flexibility index (Phi) is 5.07. The zero-order valence-electron chi connectivity index (χ0n) is 13.9. The number of rotatable bonds is 5. The Morgan fingerprint density at radius 3 is 2.63 bits per heavy atom. The highest BCUT2D eigenvalue weighted by Gasteiger charge is 2.61. The van der Waals surface area contributed by atoms with Crippen LogP contribution in [0.1, 0.15) is 12.0 Å². The molecule has 2 aliphatic heterocycles. The average Bonchev–Trinajstić information content (AvgIpc) is 2.95. The van der Waals surface area contributed by atoms with Crippen molar-refractivity contribution in [3.8, 4) is 11.5 Å². The topological polar surface area (TPSA) is 163 Å². The van der Waals surface area contributed by atoms with Gasteiger partial charge in [0.05, 0.1) is 6.10 Å². The number of carboxylic acid groups (broad SMARTS) is 1. The van der Waals surface area contributed by atoms with E-state index in [2.05, 4.69) is 0 Å². The first-order chi connectivity index (χ1) is 12.7. The van der Waals surface area contributed by atoms with E-state index >= 15 is 0 Å². The summed E-state index contributed by atoms with van der Waals surface area (Å²) >= 11 is 0. The molecular formula is C17H18O10. The van der Waals surface area contributed by atoms with Crippen molar-refractivity contribution < 1.29 is 49.3 Å². The Balaban J connectivity index is 1.61. The van der Waals surface area contributed by atoms with Crippen LogP contribution in [0.3, 0.4) is 0 Å². The summed E-state index contributed by atoms with van der Waals surface area (Å²) in [6, 6.07) is 3.96. The van der Waals surface area contributed by atoms with E-state index in [-0.39, 0.29) is 11.5 Å². The van der Waals surface area contributed by atoms with Gasteiger partial charge in [-0.15, -0.1) is 0 Å². The lowest BCUT2D eigenvalue weighted by Crippen LogP contribution is -2.53. The zero-order chi connectivity index (χ0) is 19.8. The molecule has 0 aromatic heterocycles. The highest BCUT2D eigenvalue weighted by atomic mass is 16.8. The number of carbonyl (C=O) groups is 2. The fraction of sp³-hybridized carbons (Fsp3) is 0.412. The van der Waals surface area contributed by atoms with Gasteiger partial charge in [0.1, 0.15) is 24.9 Å². The van der Waals surface area contributed by atoms with E-state index in [1.165, 1.54) is 24.3 Å². The Morgan fingerprint density at radius 1 is 1.22 bits per heavy atom. The Bertz CT molecular complexity index is 775. The molecule has 3 rings (SSSR count). The van der Waals surface area contributed by atoms with Gasteiger partial charge in [0.25, 0.3) is 5.79 Å². The minimum Gasteiger partial charge on any atom is -0.504 e. The molecule has 0 amide bonds. The molecule has 5 N–H and O–H groups in total. The Labute approximate surface area is 152 Å². The molecule has 5 atom stereocenters. The van der Waals surface area contributed by atoms with Gasteiger partial charge in [0.2, 0.25) is 0 Å². The number of carboxylic acids is 1. The molecule has 0 saturated carbocycles. The first-order valence-electron chi connectivity index (χ1n) is 8.04.